The zero-order valence-corrected chi connectivity index (χ0v) is 8.41. The van der Waals surface area contributed by atoms with Gasteiger partial charge in [-0.15, -0.1) is 0 Å². The Hall–Kier alpha value is -2.04. The van der Waals surface area contributed by atoms with E-state index in [-0.39, 0.29) is 17.7 Å². The third-order valence-electron chi connectivity index (χ3n) is 2.89. The molecule has 3 rings (SSSR count). The van der Waals surface area contributed by atoms with Crippen molar-refractivity contribution in [1.82, 2.24) is 0 Å². The van der Waals surface area contributed by atoms with Crippen LogP contribution in [0.5, 0.6) is 0 Å². The average Bonchev–Trinajstić information content (AvgIpc) is 2.86. The normalized spacial score (nSPS) is 27.6. The van der Waals surface area contributed by atoms with E-state index in [1.165, 1.54) is 4.90 Å². The quantitative estimate of drug-likeness (QED) is 0.656. The van der Waals surface area contributed by atoms with Crippen molar-refractivity contribution in [3.8, 4) is 0 Å². The van der Waals surface area contributed by atoms with E-state index < -0.39 is 6.04 Å². The van der Waals surface area contributed by atoms with Crippen LogP contribution in [-0.4, -0.2) is 24.4 Å². The fourth-order valence-corrected chi connectivity index (χ4v) is 2.08. The number of benzene rings is 1. The van der Waals surface area contributed by atoms with Crippen LogP contribution in [0.4, 0.5) is 5.69 Å². The van der Waals surface area contributed by atoms with E-state index in [1.54, 1.807) is 24.3 Å². The van der Waals surface area contributed by atoms with Gasteiger partial charge in [0.15, 0.2) is 6.04 Å². The number of nitrogens with zero attached hydrogens (tertiary/aromatic N) is 3. The van der Waals surface area contributed by atoms with E-state index in [0.717, 1.165) is 0 Å². The minimum absolute atomic E-state index is 0.189. The Morgan fingerprint density at radius 2 is 1.88 bits per heavy atom. The summed E-state index contributed by atoms with van der Waals surface area (Å²) in [4.78, 5) is 25.1. The zero-order chi connectivity index (χ0) is 11.1. The van der Waals surface area contributed by atoms with Crippen molar-refractivity contribution in [3.63, 3.8) is 0 Å². The Bertz CT molecular complexity index is 483. The molecule has 2 unspecified atom stereocenters. The van der Waals surface area contributed by atoms with Gasteiger partial charge >= 0.3 is 0 Å². The molecule has 0 saturated carbocycles. The maximum Gasteiger partial charge on any atom is 0.261 e. The molecule has 0 aromatic heterocycles. The minimum Gasteiger partial charge on any atom is -0.274 e. The van der Waals surface area contributed by atoms with E-state index in [0.29, 0.717) is 12.2 Å². The fourth-order valence-electron chi connectivity index (χ4n) is 2.08. The van der Waals surface area contributed by atoms with Crippen LogP contribution in [0.25, 0.3) is 0 Å². The van der Waals surface area contributed by atoms with E-state index in [4.69, 9.17) is 0 Å². The molecule has 2 aliphatic rings. The van der Waals surface area contributed by atoms with Crippen molar-refractivity contribution >= 4 is 17.5 Å². The molecule has 1 aromatic carbocycles. The number of carbonyl (C=O) groups excluding carboxylic acids is 2. The van der Waals surface area contributed by atoms with Gasteiger partial charge < -0.3 is 0 Å². The van der Waals surface area contributed by atoms with Crippen LogP contribution in [0.3, 0.4) is 0 Å². The van der Waals surface area contributed by atoms with E-state index in [9.17, 15) is 9.59 Å². The molecule has 0 radical (unpaired) electrons. The maximum absolute atomic E-state index is 12.0. The highest BCUT2D eigenvalue weighted by molar-refractivity contribution is 6.23. The van der Waals surface area contributed by atoms with Gasteiger partial charge in [0, 0.05) is 0 Å². The van der Waals surface area contributed by atoms with Crippen LogP contribution in [0.2, 0.25) is 0 Å². The molecule has 5 heteroatoms. The second-order valence-electron chi connectivity index (χ2n) is 3.84. The Labute approximate surface area is 91.8 Å². The molecular formula is C11H9N3O2. The van der Waals surface area contributed by atoms with Crippen molar-refractivity contribution in [2.45, 2.75) is 6.04 Å². The Kier molecular flexibility index (Phi) is 1.86. The summed E-state index contributed by atoms with van der Waals surface area (Å²) in [6, 6.07) is 8.33. The topological polar surface area (TPSA) is 62.1 Å². The standard InChI is InChI=1S/C11H9N3O2/c15-10-8-6-12-13-9(8)11(16)14(10)7-4-2-1-3-5-7/h1-5,8-9H,6H2. The molecule has 80 valence electrons. The van der Waals surface area contributed by atoms with Gasteiger partial charge in [-0.25, -0.2) is 4.90 Å². The van der Waals surface area contributed by atoms with Gasteiger partial charge in [-0.2, -0.15) is 10.2 Å². The Morgan fingerprint density at radius 1 is 1.12 bits per heavy atom. The van der Waals surface area contributed by atoms with Gasteiger partial charge in [0.1, 0.15) is 0 Å². The fraction of sp³-hybridized carbons (Fsp3) is 0.273. The molecule has 0 N–H and O–H groups in total. The Balaban J connectivity index is 2.01. The number of hydrogen-bond donors (Lipinski definition) is 0. The maximum atomic E-state index is 12.0. The molecular weight excluding hydrogens is 206 g/mol. The molecule has 2 amide bonds. The number of para-hydroxylation sites is 1. The van der Waals surface area contributed by atoms with Gasteiger partial charge in [0.2, 0.25) is 5.91 Å². The third kappa shape index (κ3) is 1.11. The number of imide groups is 1. The van der Waals surface area contributed by atoms with Gasteiger partial charge in [0.05, 0.1) is 18.2 Å². The number of carbonyl (C=O) groups is 2. The largest absolute Gasteiger partial charge is 0.274 e. The first-order valence-electron chi connectivity index (χ1n) is 5.08. The van der Waals surface area contributed by atoms with Crippen LogP contribution >= 0.6 is 0 Å². The van der Waals surface area contributed by atoms with Crippen LogP contribution in [0.1, 0.15) is 0 Å². The summed E-state index contributed by atoms with van der Waals surface area (Å²) < 4.78 is 0. The molecule has 2 atom stereocenters. The van der Waals surface area contributed by atoms with Gasteiger partial charge in [-0.1, -0.05) is 18.2 Å². The average molecular weight is 215 g/mol. The van der Waals surface area contributed by atoms with Crippen molar-refractivity contribution in [2.24, 2.45) is 16.1 Å². The first kappa shape index (κ1) is 9.21. The van der Waals surface area contributed by atoms with Crippen molar-refractivity contribution in [3.05, 3.63) is 30.3 Å². The Morgan fingerprint density at radius 3 is 2.56 bits per heavy atom. The van der Waals surface area contributed by atoms with Crippen molar-refractivity contribution < 1.29 is 9.59 Å². The molecule has 5 nitrogen and oxygen atoms in total. The molecule has 0 spiro atoms. The second-order valence-corrected chi connectivity index (χ2v) is 3.84. The SMILES string of the molecule is O=C1C2CN=NC2C(=O)N1c1ccccc1. The lowest BCUT2D eigenvalue weighted by atomic mass is 10.1. The van der Waals surface area contributed by atoms with E-state index >= 15 is 0 Å². The summed E-state index contributed by atoms with van der Waals surface area (Å²) in [5.41, 5.74) is 0.613. The summed E-state index contributed by atoms with van der Waals surface area (Å²) >= 11 is 0. The predicted molar refractivity (Wildman–Crippen MR) is 55.9 cm³/mol. The first-order chi connectivity index (χ1) is 7.79. The minimum atomic E-state index is -0.590. The lowest BCUT2D eigenvalue weighted by Crippen LogP contribution is -2.31. The van der Waals surface area contributed by atoms with Gasteiger partial charge in [0.25, 0.3) is 5.91 Å². The van der Waals surface area contributed by atoms with Crippen LogP contribution in [0, 0.1) is 5.92 Å². The number of anilines is 1. The van der Waals surface area contributed by atoms with E-state index in [1.807, 2.05) is 6.07 Å². The highest BCUT2D eigenvalue weighted by Gasteiger charge is 2.50. The summed E-state index contributed by atoms with van der Waals surface area (Å²) in [6.45, 7) is 0.332. The molecule has 2 heterocycles. The molecule has 1 aromatic rings. The molecule has 16 heavy (non-hydrogen) atoms. The number of fused-ring (bicyclic) bond motifs is 1. The summed E-state index contributed by atoms with van der Waals surface area (Å²) in [5.74, 6) is -0.832. The van der Waals surface area contributed by atoms with Crippen LogP contribution in [0.15, 0.2) is 40.6 Å². The smallest absolute Gasteiger partial charge is 0.261 e. The van der Waals surface area contributed by atoms with E-state index in [2.05, 4.69) is 10.2 Å². The van der Waals surface area contributed by atoms with Crippen LogP contribution < -0.4 is 4.90 Å². The third-order valence-corrected chi connectivity index (χ3v) is 2.89. The number of hydrogen-bond acceptors (Lipinski definition) is 4. The summed E-state index contributed by atoms with van der Waals surface area (Å²) in [6.07, 6.45) is 0. The lowest BCUT2D eigenvalue weighted by Gasteiger charge is -2.14. The zero-order valence-electron chi connectivity index (χ0n) is 8.41. The number of rotatable bonds is 1. The molecule has 0 bridgehead atoms. The highest BCUT2D eigenvalue weighted by atomic mass is 16.2. The van der Waals surface area contributed by atoms with Crippen molar-refractivity contribution in [1.29, 1.82) is 0 Å². The second kappa shape index (κ2) is 3.23. The monoisotopic (exact) mass is 215 g/mol. The summed E-state index contributed by atoms with van der Waals surface area (Å²) in [7, 11) is 0. The predicted octanol–water partition coefficient (Wildman–Crippen LogP) is 1.01. The summed E-state index contributed by atoms with van der Waals surface area (Å²) in [5, 5.41) is 7.57. The highest BCUT2D eigenvalue weighted by Crippen LogP contribution is 2.31. The molecule has 1 fully saturated rings. The van der Waals surface area contributed by atoms with Crippen LogP contribution in [-0.2, 0) is 9.59 Å². The lowest BCUT2D eigenvalue weighted by molar-refractivity contribution is -0.122. The van der Waals surface area contributed by atoms with Gasteiger partial charge in [-0.05, 0) is 12.1 Å². The number of azo groups is 1. The number of amides is 2. The van der Waals surface area contributed by atoms with Gasteiger partial charge in [-0.3, -0.25) is 9.59 Å². The molecule has 0 aliphatic carbocycles. The molecule has 1 saturated heterocycles. The molecule has 2 aliphatic heterocycles. The first-order valence-corrected chi connectivity index (χ1v) is 5.08. The van der Waals surface area contributed by atoms with Crippen molar-refractivity contribution in [2.75, 3.05) is 11.4 Å².